The van der Waals surface area contributed by atoms with Crippen molar-refractivity contribution >= 4 is 5.97 Å². The number of nitrogens with zero attached hydrogens (tertiary/aromatic N) is 2. The van der Waals surface area contributed by atoms with Crippen molar-refractivity contribution < 1.29 is 14.0 Å². The molecule has 2 aliphatic rings. The number of carbonyl (C=O) groups excluding carboxylic acids is 1. The van der Waals surface area contributed by atoms with Gasteiger partial charge in [0.25, 0.3) is 0 Å². The molecule has 0 radical (unpaired) electrons. The Morgan fingerprint density at radius 1 is 0.694 bits per heavy atom. The molecule has 0 N–H and O–H groups in total. The van der Waals surface area contributed by atoms with Gasteiger partial charge in [-0.3, -0.25) is 9.69 Å². The molecule has 36 heavy (non-hydrogen) atoms. The van der Waals surface area contributed by atoms with E-state index < -0.39 is 0 Å². The lowest BCUT2D eigenvalue weighted by atomic mass is 10.0. The number of unbranched alkanes of at least 4 members (excludes halogenated alkanes) is 14. The van der Waals surface area contributed by atoms with Crippen molar-refractivity contribution in [3.8, 4) is 0 Å². The van der Waals surface area contributed by atoms with Crippen LogP contribution in [-0.2, 0) is 9.53 Å². The topological polar surface area (TPSA) is 29.5 Å². The number of piperidine rings is 2. The summed E-state index contributed by atoms with van der Waals surface area (Å²) in [6, 6.07) is 0. The first-order valence-electron chi connectivity index (χ1n) is 16.4. The molecule has 0 aliphatic carbocycles. The van der Waals surface area contributed by atoms with Gasteiger partial charge in [-0.1, -0.05) is 103 Å². The number of hydrogen-bond donors (Lipinski definition) is 0. The van der Waals surface area contributed by atoms with Gasteiger partial charge >= 0.3 is 5.97 Å². The minimum Gasteiger partial charge on any atom is -0.455 e. The Kier molecular flexibility index (Phi) is 17.9. The number of hydrogen-bond acceptors (Lipinski definition) is 3. The van der Waals surface area contributed by atoms with Crippen molar-refractivity contribution in [2.45, 2.75) is 154 Å². The van der Waals surface area contributed by atoms with Crippen LogP contribution in [0.5, 0.6) is 0 Å². The second kappa shape index (κ2) is 20.4. The summed E-state index contributed by atoms with van der Waals surface area (Å²) in [4.78, 5) is 15.3. The van der Waals surface area contributed by atoms with Crippen LogP contribution in [0.3, 0.4) is 0 Å². The zero-order valence-corrected chi connectivity index (χ0v) is 24.6. The highest BCUT2D eigenvalue weighted by Gasteiger charge is 2.31. The van der Waals surface area contributed by atoms with Gasteiger partial charge in [0.15, 0.2) is 6.10 Å². The Bertz CT molecular complexity index is 526. The molecule has 0 aromatic heterocycles. The van der Waals surface area contributed by atoms with Gasteiger partial charge in [-0.2, -0.15) is 0 Å². The van der Waals surface area contributed by atoms with Crippen LogP contribution in [0, 0.1) is 0 Å². The molecular weight excluding hydrogens is 444 g/mol. The second-order valence-electron chi connectivity index (χ2n) is 12.5. The standard InChI is InChI=1S/C32H63N2O2/c1-3-4-5-6-7-8-9-10-11-12-13-14-15-16-19-24-32(35)36-31(29-33-25-20-17-21-26-33)30-34(2)27-22-18-23-28-34/h31H,3-30H2,1-2H3/q+1/t31-/m0/s1. The zero-order chi connectivity index (χ0) is 25.7. The number of rotatable bonds is 21. The van der Waals surface area contributed by atoms with E-state index in [1.54, 1.807) is 0 Å². The van der Waals surface area contributed by atoms with Gasteiger partial charge in [-0.25, -0.2) is 0 Å². The minimum absolute atomic E-state index is 0.0512. The molecule has 0 unspecified atom stereocenters. The van der Waals surface area contributed by atoms with Gasteiger partial charge in [0.2, 0.25) is 0 Å². The lowest BCUT2D eigenvalue weighted by Crippen LogP contribution is -2.55. The molecule has 1 atom stereocenters. The van der Waals surface area contributed by atoms with E-state index in [0.717, 1.165) is 24.0 Å². The van der Waals surface area contributed by atoms with Gasteiger partial charge in [0.05, 0.1) is 20.1 Å². The van der Waals surface area contributed by atoms with Crippen molar-refractivity contribution in [1.29, 1.82) is 0 Å². The van der Waals surface area contributed by atoms with Gasteiger partial charge in [0, 0.05) is 13.0 Å². The number of esters is 1. The number of likely N-dealkylation sites (N-methyl/N-ethyl adjacent to an activating group) is 1. The van der Waals surface area contributed by atoms with Crippen LogP contribution in [-0.4, -0.2) is 67.8 Å². The van der Waals surface area contributed by atoms with Gasteiger partial charge in [-0.05, 0) is 51.6 Å². The molecule has 4 heteroatoms. The summed E-state index contributed by atoms with van der Waals surface area (Å²) in [5.74, 6) is 0.0512. The summed E-state index contributed by atoms with van der Waals surface area (Å²) in [6.45, 7) is 9.08. The number of carbonyl (C=O) groups is 1. The van der Waals surface area contributed by atoms with E-state index in [9.17, 15) is 4.79 Å². The maximum atomic E-state index is 12.7. The van der Waals surface area contributed by atoms with Crippen LogP contribution in [0.2, 0.25) is 0 Å². The fraction of sp³-hybridized carbons (Fsp3) is 0.969. The normalized spacial score (nSPS) is 19.3. The Morgan fingerprint density at radius 3 is 1.69 bits per heavy atom. The van der Waals surface area contributed by atoms with Crippen LogP contribution in [0.4, 0.5) is 0 Å². The molecule has 0 saturated carbocycles. The van der Waals surface area contributed by atoms with Crippen molar-refractivity contribution in [2.75, 3.05) is 46.3 Å². The fourth-order valence-electron chi connectivity index (χ4n) is 6.40. The van der Waals surface area contributed by atoms with Crippen molar-refractivity contribution in [3.05, 3.63) is 0 Å². The van der Waals surface area contributed by atoms with Crippen LogP contribution in [0.25, 0.3) is 0 Å². The summed E-state index contributed by atoms with van der Waals surface area (Å²) in [6.07, 6.45) is 29.0. The molecule has 2 rings (SSSR count). The minimum atomic E-state index is 0.0512. The van der Waals surface area contributed by atoms with E-state index >= 15 is 0 Å². The van der Waals surface area contributed by atoms with Gasteiger partial charge in [0.1, 0.15) is 6.54 Å². The van der Waals surface area contributed by atoms with E-state index in [1.165, 1.54) is 155 Å². The molecule has 0 aromatic rings. The Hall–Kier alpha value is -0.610. The lowest BCUT2D eigenvalue weighted by Gasteiger charge is -2.41. The highest BCUT2D eigenvalue weighted by Crippen LogP contribution is 2.20. The van der Waals surface area contributed by atoms with Crippen LogP contribution in [0.15, 0.2) is 0 Å². The molecular formula is C32H63N2O2+. The van der Waals surface area contributed by atoms with E-state index in [4.69, 9.17) is 4.74 Å². The van der Waals surface area contributed by atoms with Gasteiger partial charge < -0.3 is 9.22 Å². The van der Waals surface area contributed by atoms with E-state index in [-0.39, 0.29) is 12.1 Å². The molecule has 2 saturated heterocycles. The predicted molar refractivity (Wildman–Crippen MR) is 154 cm³/mol. The summed E-state index contributed by atoms with van der Waals surface area (Å²) in [7, 11) is 2.38. The van der Waals surface area contributed by atoms with E-state index in [1.807, 2.05) is 0 Å². The Morgan fingerprint density at radius 2 is 1.17 bits per heavy atom. The van der Waals surface area contributed by atoms with Crippen molar-refractivity contribution in [1.82, 2.24) is 4.90 Å². The van der Waals surface area contributed by atoms with Crippen molar-refractivity contribution in [3.63, 3.8) is 0 Å². The number of ether oxygens (including phenoxy) is 1. The molecule has 0 amide bonds. The average molecular weight is 508 g/mol. The number of quaternary nitrogens is 1. The summed E-state index contributed by atoms with van der Waals surface area (Å²) < 4.78 is 7.23. The number of likely N-dealkylation sites (tertiary alicyclic amines) is 2. The maximum Gasteiger partial charge on any atom is 0.306 e. The highest BCUT2D eigenvalue weighted by atomic mass is 16.5. The predicted octanol–water partition coefficient (Wildman–Crippen LogP) is 8.28. The maximum absolute atomic E-state index is 12.7. The zero-order valence-electron chi connectivity index (χ0n) is 24.6. The van der Waals surface area contributed by atoms with Crippen LogP contribution < -0.4 is 0 Å². The smallest absolute Gasteiger partial charge is 0.306 e. The van der Waals surface area contributed by atoms with Crippen LogP contribution >= 0.6 is 0 Å². The first-order valence-corrected chi connectivity index (χ1v) is 16.4. The third-order valence-corrected chi connectivity index (χ3v) is 8.73. The third kappa shape index (κ3) is 15.6. The molecule has 4 nitrogen and oxygen atoms in total. The fourth-order valence-corrected chi connectivity index (χ4v) is 6.40. The molecule has 0 spiro atoms. The largest absolute Gasteiger partial charge is 0.455 e. The molecule has 2 aliphatic heterocycles. The Balaban J connectivity index is 1.50. The Labute approximate surface area is 225 Å². The van der Waals surface area contributed by atoms with Gasteiger partial charge in [-0.15, -0.1) is 0 Å². The highest BCUT2D eigenvalue weighted by molar-refractivity contribution is 5.69. The summed E-state index contributed by atoms with van der Waals surface area (Å²) >= 11 is 0. The van der Waals surface area contributed by atoms with E-state index in [0.29, 0.717) is 6.42 Å². The SMILES string of the molecule is CCCCCCCCCCCCCCCCCC(=O)O[C@@H](CN1CCCCC1)C[N+]1(C)CCCCC1. The monoisotopic (exact) mass is 507 g/mol. The van der Waals surface area contributed by atoms with E-state index in [2.05, 4.69) is 18.9 Å². The first kappa shape index (κ1) is 31.6. The molecule has 2 heterocycles. The van der Waals surface area contributed by atoms with Crippen LogP contribution in [0.1, 0.15) is 148 Å². The summed E-state index contributed by atoms with van der Waals surface area (Å²) in [5.41, 5.74) is 0. The summed E-state index contributed by atoms with van der Waals surface area (Å²) in [5, 5.41) is 0. The molecule has 0 bridgehead atoms. The lowest BCUT2D eigenvalue weighted by molar-refractivity contribution is -0.916. The molecule has 0 aromatic carbocycles. The van der Waals surface area contributed by atoms with Crippen molar-refractivity contribution in [2.24, 2.45) is 0 Å². The average Bonchev–Trinajstić information content (AvgIpc) is 2.87. The first-order chi connectivity index (χ1) is 17.6. The third-order valence-electron chi connectivity index (χ3n) is 8.73. The quantitative estimate of drug-likeness (QED) is 0.0889. The molecule has 2 fully saturated rings. The second-order valence-corrected chi connectivity index (χ2v) is 12.5. The molecule has 212 valence electrons.